The Morgan fingerprint density at radius 3 is 2.12 bits per heavy atom. The largest absolute Gasteiger partial charge is 0.373 e. The fourth-order valence-electron chi connectivity index (χ4n) is 2.93. The molecule has 2 aliphatic heterocycles. The van der Waals surface area contributed by atoms with E-state index in [2.05, 4.69) is 23.6 Å². The van der Waals surface area contributed by atoms with Crippen LogP contribution in [0.3, 0.4) is 0 Å². The van der Waals surface area contributed by atoms with Crippen LogP contribution in [0.4, 0.5) is 0 Å². The highest BCUT2D eigenvalue weighted by atomic mass is 16.5. The van der Waals surface area contributed by atoms with Crippen molar-refractivity contribution in [2.24, 2.45) is 5.73 Å². The summed E-state index contributed by atoms with van der Waals surface area (Å²) in [5.74, 6) is 0. The molecule has 0 spiro atoms. The van der Waals surface area contributed by atoms with Crippen LogP contribution in [0.25, 0.3) is 0 Å². The van der Waals surface area contributed by atoms with E-state index in [1.165, 1.54) is 26.2 Å². The molecule has 0 unspecified atom stereocenters. The quantitative estimate of drug-likeness (QED) is 0.782. The Hall–Kier alpha value is -0.160. The van der Waals surface area contributed by atoms with E-state index in [-0.39, 0.29) is 0 Å². The van der Waals surface area contributed by atoms with Crippen LogP contribution in [0.1, 0.15) is 26.7 Å². The number of hydrogen-bond acceptors (Lipinski definition) is 4. The number of likely N-dealkylation sites (tertiary alicyclic amines) is 1. The van der Waals surface area contributed by atoms with Crippen LogP contribution in [0.2, 0.25) is 0 Å². The summed E-state index contributed by atoms with van der Waals surface area (Å²) >= 11 is 0. The van der Waals surface area contributed by atoms with Crippen LogP contribution in [0.15, 0.2) is 0 Å². The van der Waals surface area contributed by atoms with Crippen molar-refractivity contribution >= 4 is 0 Å². The van der Waals surface area contributed by atoms with Crippen LogP contribution in [-0.4, -0.2) is 67.3 Å². The SMILES string of the molecule is C[C@@H]1CN(CCN2CCC(N)CC2)C[C@H](C)O1. The lowest BCUT2D eigenvalue weighted by Crippen LogP contribution is -2.49. The molecule has 17 heavy (non-hydrogen) atoms. The Labute approximate surface area is 105 Å². The Morgan fingerprint density at radius 2 is 1.53 bits per heavy atom. The average molecular weight is 241 g/mol. The molecular formula is C13H27N3O. The Morgan fingerprint density at radius 1 is 1.00 bits per heavy atom. The van der Waals surface area contributed by atoms with Gasteiger partial charge in [-0.15, -0.1) is 0 Å². The van der Waals surface area contributed by atoms with Gasteiger partial charge in [0, 0.05) is 32.2 Å². The smallest absolute Gasteiger partial charge is 0.0678 e. The van der Waals surface area contributed by atoms with E-state index in [0.29, 0.717) is 18.2 Å². The van der Waals surface area contributed by atoms with Gasteiger partial charge in [-0.25, -0.2) is 0 Å². The average Bonchev–Trinajstić information content (AvgIpc) is 2.27. The third kappa shape index (κ3) is 4.21. The van der Waals surface area contributed by atoms with Crippen LogP contribution < -0.4 is 5.73 Å². The van der Waals surface area contributed by atoms with Gasteiger partial charge in [0.05, 0.1) is 12.2 Å². The molecule has 2 N–H and O–H groups in total. The predicted octanol–water partition coefficient (Wildman–Crippen LogP) is 0.519. The third-order valence-electron chi connectivity index (χ3n) is 3.86. The van der Waals surface area contributed by atoms with Gasteiger partial charge in [0.2, 0.25) is 0 Å². The van der Waals surface area contributed by atoms with Gasteiger partial charge in [-0.3, -0.25) is 4.90 Å². The second-order valence-corrected chi connectivity index (χ2v) is 5.70. The lowest BCUT2D eigenvalue weighted by molar-refractivity contribution is -0.0696. The highest BCUT2D eigenvalue weighted by Gasteiger charge is 2.23. The maximum absolute atomic E-state index is 5.92. The minimum atomic E-state index is 0.383. The first kappa shape index (κ1) is 13.3. The number of ether oxygens (including phenoxy) is 1. The summed E-state index contributed by atoms with van der Waals surface area (Å²) in [5.41, 5.74) is 5.92. The molecule has 0 saturated carbocycles. The van der Waals surface area contributed by atoms with Gasteiger partial charge in [0.25, 0.3) is 0 Å². The molecule has 4 heteroatoms. The summed E-state index contributed by atoms with van der Waals surface area (Å²) in [6.07, 6.45) is 3.09. The molecule has 2 aliphatic rings. The third-order valence-corrected chi connectivity index (χ3v) is 3.86. The standard InChI is InChI=1S/C13H27N3O/c1-11-9-16(10-12(2)17-11)8-7-15-5-3-13(14)4-6-15/h11-13H,3-10,14H2,1-2H3/t11-,12+. The van der Waals surface area contributed by atoms with Crippen LogP contribution in [0, 0.1) is 0 Å². The molecule has 0 aromatic heterocycles. The molecule has 0 aromatic rings. The molecule has 0 amide bonds. The van der Waals surface area contributed by atoms with Crippen molar-refractivity contribution in [1.82, 2.24) is 9.80 Å². The maximum Gasteiger partial charge on any atom is 0.0678 e. The van der Waals surface area contributed by atoms with E-state index in [1.54, 1.807) is 0 Å². The van der Waals surface area contributed by atoms with Crippen LogP contribution in [-0.2, 0) is 4.74 Å². The summed E-state index contributed by atoms with van der Waals surface area (Å²) < 4.78 is 5.75. The van der Waals surface area contributed by atoms with E-state index in [0.717, 1.165) is 25.9 Å². The molecule has 0 radical (unpaired) electrons. The summed E-state index contributed by atoms with van der Waals surface area (Å²) in [4.78, 5) is 5.08. The Kier molecular flexibility index (Phi) is 4.79. The number of piperidine rings is 1. The fraction of sp³-hybridized carbons (Fsp3) is 1.00. The lowest BCUT2D eigenvalue weighted by Gasteiger charge is -2.37. The summed E-state index contributed by atoms with van der Waals surface area (Å²) in [5, 5.41) is 0. The molecule has 2 fully saturated rings. The monoisotopic (exact) mass is 241 g/mol. The summed E-state index contributed by atoms with van der Waals surface area (Å²) in [6.45, 7) is 11.2. The summed E-state index contributed by atoms with van der Waals surface area (Å²) in [7, 11) is 0. The molecule has 0 aliphatic carbocycles. The normalized spacial score (nSPS) is 34.1. The number of nitrogens with zero attached hydrogens (tertiary/aromatic N) is 2. The lowest BCUT2D eigenvalue weighted by atomic mass is 10.1. The molecule has 100 valence electrons. The zero-order chi connectivity index (χ0) is 12.3. The van der Waals surface area contributed by atoms with E-state index in [9.17, 15) is 0 Å². The zero-order valence-corrected chi connectivity index (χ0v) is 11.3. The zero-order valence-electron chi connectivity index (χ0n) is 11.3. The second kappa shape index (κ2) is 6.14. The van der Waals surface area contributed by atoms with Gasteiger partial charge >= 0.3 is 0 Å². The van der Waals surface area contributed by atoms with Gasteiger partial charge in [0.15, 0.2) is 0 Å². The molecule has 0 bridgehead atoms. The van der Waals surface area contributed by atoms with Gasteiger partial charge in [-0.1, -0.05) is 0 Å². The van der Waals surface area contributed by atoms with Crippen molar-refractivity contribution in [2.45, 2.75) is 44.9 Å². The van der Waals surface area contributed by atoms with Gasteiger partial charge < -0.3 is 15.4 Å². The number of morpholine rings is 1. The van der Waals surface area contributed by atoms with Crippen molar-refractivity contribution in [1.29, 1.82) is 0 Å². The van der Waals surface area contributed by atoms with Crippen molar-refractivity contribution in [3.05, 3.63) is 0 Å². The van der Waals surface area contributed by atoms with E-state index in [4.69, 9.17) is 10.5 Å². The maximum atomic E-state index is 5.92. The second-order valence-electron chi connectivity index (χ2n) is 5.70. The van der Waals surface area contributed by atoms with Crippen LogP contribution in [0.5, 0.6) is 0 Å². The number of rotatable bonds is 3. The first-order chi connectivity index (χ1) is 8.13. The number of nitrogens with two attached hydrogens (primary N) is 1. The minimum Gasteiger partial charge on any atom is -0.373 e. The molecule has 2 heterocycles. The van der Waals surface area contributed by atoms with E-state index in [1.807, 2.05) is 0 Å². The molecule has 0 aromatic carbocycles. The van der Waals surface area contributed by atoms with Gasteiger partial charge in [0.1, 0.15) is 0 Å². The highest BCUT2D eigenvalue weighted by molar-refractivity contribution is 4.77. The first-order valence-electron chi connectivity index (χ1n) is 6.99. The van der Waals surface area contributed by atoms with Crippen LogP contribution >= 0.6 is 0 Å². The Bertz CT molecular complexity index is 219. The molecule has 2 atom stereocenters. The first-order valence-corrected chi connectivity index (χ1v) is 6.99. The van der Waals surface area contributed by atoms with E-state index < -0.39 is 0 Å². The molecule has 4 nitrogen and oxygen atoms in total. The van der Waals surface area contributed by atoms with Crippen molar-refractivity contribution in [3.8, 4) is 0 Å². The Balaban J connectivity index is 1.67. The molecule has 2 saturated heterocycles. The van der Waals surface area contributed by atoms with Gasteiger partial charge in [-0.05, 0) is 39.8 Å². The van der Waals surface area contributed by atoms with Gasteiger partial charge in [-0.2, -0.15) is 0 Å². The fourth-order valence-corrected chi connectivity index (χ4v) is 2.93. The molecular weight excluding hydrogens is 214 g/mol. The predicted molar refractivity (Wildman–Crippen MR) is 70.1 cm³/mol. The van der Waals surface area contributed by atoms with E-state index >= 15 is 0 Å². The highest BCUT2D eigenvalue weighted by Crippen LogP contribution is 2.12. The van der Waals surface area contributed by atoms with Crippen molar-refractivity contribution < 1.29 is 4.74 Å². The minimum absolute atomic E-state index is 0.383. The van der Waals surface area contributed by atoms with Crippen molar-refractivity contribution in [3.63, 3.8) is 0 Å². The topological polar surface area (TPSA) is 41.7 Å². The number of hydrogen-bond donors (Lipinski definition) is 1. The molecule has 2 rings (SSSR count). The summed E-state index contributed by atoms with van der Waals surface area (Å²) in [6, 6.07) is 0.440. The van der Waals surface area contributed by atoms with Crippen molar-refractivity contribution in [2.75, 3.05) is 39.3 Å².